The molecule has 0 aromatic heterocycles. The smallest absolute Gasteiger partial charge is 0.288 e. The molecular formula is C13H9Cl2FN2O2. The van der Waals surface area contributed by atoms with Crippen LogP contribution in [-0.2, 0) is 6.54 Å². The van der Waals surface area contributed by atoms with Crippen LogP contribution in [0.15, 0.2) is 36.4 Å². The molecule has 0 bridgehead atoms. The maximum Gasteiger partial charge on any atom is 0.288 e. The normalized spacial score (nSPS) is 10.3. The Kier molecular flexibility index (Phi) is 4.42. The van der Waals surface area contributed by atoms with Gasteiger partial charge in [0.25, 0.3) is 5.69 Å². The molecule has 1 N–H and O–H groups in total. The first kappa shape index (κ1) is 14.6. The quantitative estimate of drug-likeness (QED) is 0.660. The van der Waals surface area contributed by atoms with Crippen LogP contribution in [-0.4, -0.2) is 4.92 Å². The van der Waals surface area contributed by atoms with Crippen LogP contribution >= 0.6 is 23.2 Å². The predicted molar refractivity (Wildman–Crippen MR) is 76.8 cm³/mol. The van der Waals surface area contributed by atoms with E-state index in [-0.39, 0.29) is 28.0 Å². The topological polar surface area (TPSA) is 55.2 Å². The van der Waals surface area contributed by atoms with Gasteiger partial charge in [-0.3, -0.25) is 10.1 Å². The molecule has 0 heterocycles. The molecule has 0 aliphatic rings. The van der Waals surface area contributed by atoms with Gasteiger partial charge in [0.05, 0.1) is 15.6 Å². The van der Waals surface area contributed by atoms with Gasteiger partial charge >= 0.3 is 0 Å². The van der Waals surface area contributed by atoms with Crippen LogP contribution in [0.1, 0.15) is 5.56 Å². The van der Waals surface area contributed by atoms with Crippen molar-refractivity contribution < 1.29 is 9.31 Å². The number of halogens is 3. The molecular weight excluding hydrogens is 306 g/mol. The van der Waals surface area contributed by atoms with Gasteiger partial charge in [-0.05, 0) is 23.8 Å². The first-order chi connectivity index (χ1) is 9.49. The van der Waals surface area contributed by atoms with Gasteiger partial charge in [-0.1, -0.05) is 35.3 Å². The zero-order valence-electron chi connectivity index (χ0n) is 10.1. The predicted octanol–water partition coefficient (Wildman–Crippen LogP) is 4.65. The van der Waals surface area contributed by atoms with Crippen molar-refractivity contribution in [3.8, 4) is 0 Å². The summed E-state index contributed by atoms with van der Waals surface area (Å²) in [5.74, 6) is -0.485. The van der Waals surface area contributed by atoms with Gasteiger partial charge in [0, 0.05) is 12.6 Å². The molecule has 0 aliphatic heterocycles. The fraction of sp³-hybridized carbons (Fsp3) is 0.0769. The van der Waals surface area contributed by atoms with E-state index in [0.717, 1.165) is 0 Å². The Balaban J connectivity index is 2.19. The van der Waals surface area contributed by atoms with Gasteiger partial charge in [0.15, 0.2) is 0 Å². The SMILES string of the molecule is O=[N+]([O-])c1cc(CNc2c(F)cccc2Cl)ccc1Cl. The number of hydrogen-bond donors (Lipinski definition) is 1. The van der Waals surface area contributed by atoms with Crippen molar-refractivity contribution in [3.63, 3.8) is 0 Å². The number of nitro groups is 1. The van der Waals surface area contributed by atoms with Crippen LogP contribution in [0.5, 0.6) is 0 Å². The molecule has 4 nitrogen and oxygen atoms in total. The van der Waals surface area contributed by atoms with Crippen LogP contribution < -0.4 is 5.32 Å². The van der Waals surface area contributed by atoms with E-state index in [0.29, 0.717) is 5.56 Å². The second-order valence-electron chi connectivity index (χ2n) is 3.99. The van der Waals surface area contributed by atoms with E-state index in [1.54, 1.807) is 12.1 Å². The minimum Gasteiger partial charge on any atom is -0.377 e. The molecule has 0 saturated heterocycles. The lowest BCUT2D eigenvalue weighted by molar-refractivity contribution is -0.384. The molecule has 0 amide bonds. The zero-order valence-corrected chi connectivity index (χ0v) is 11.6. The summed E-state index contributed by atoms with van der Waals surface area (Å²) in [5.41, 5.74) is 0.567. The van der Waals surface area contributed by atoms with Gasteiger partial charge < -0.3 is 5.32 Å². The number of nitro benzene ring substituents is 1. The number of rotatable bonds is 4. The third-order valence-corrected chi connectivity index (χ3v) is 3.27. The molecule has 0 unspecified atom stereocenters. The first-order valence-corrected chi connectivity index (χ1v) is 6.35. The highest BCUT2D eigenvalue weighted by Crippen LogP contribution is 2.27. The lowest BCUT2D eigenvalue weighted by Crippen LogP contribution is -2.03. The van der Waals surface area contributed by atoms with Crippen LogP contribution in [0.25, 0.3) is 0 Å². The third-order valence-electron chi connectivity index (χ3n) is 2.64. The third kappa shape index (κ3) is 3.18. The average molecular weight is 315 g/mol. The average Bonchev–Trinajstić information content (AvgIpc) is 2.39. The standard InChI is InChI=1S/C13H9Cl2FN2O2/c14-9-5-4-8(6-12(9)18(19)20)7-17-13-10(15)2-1-3-11(13)16/h1-6,17H,7H2. The van der Waals surface area contributed by atoms with E-state index < -0.39 is 10.7 Å². The Bertz CT molecular complexity index is 645. The second kappa shape index (κ2) is 6.07. The van der Waals surface area contributed by atoms with Gasteiger partial charge in [-0.25, -0.2) is 4.39 Å². The van der Waals surface area contributed by atoms with Gasteiger partial charge in [0.1, 0.15) is 10.8 Å². The highest BCUT2D eigenvalue weighted by Gasteiger charge is 2.13. The fourth-order valence-electron chi connectivity index (χ4n) is 1.67. The molecule has 0 radical (unpaired) electrons. The summed E-state index contributed by atoms with van der Waals surface area (Å²) < 4.78 is 13.5. The van der Waals surface area contributed by atoms with Crippen molar-refractivity contribution in [2.24, 2.45) is 0 Å². The van der Waals surface area contributed by atoms with Crippen LogP contribution in [0.3, 0.4) is 0 Å². The summed E-state index contributed by atoms with van der Waals surface area (Å²) >= 11 is 11.6. The highest BCUT2D eigenvalue weighted by atomic mass is 35.5. The van der Waals surface area contributed by atoms with Crippen molar-refractivity contribution >= 4 is 34.6 Å². The molecule has 104 valence electrons. The number of para-hydroxylation sites is 1. The molecule has 0 fully saturated rings. The number of nitrogens with zero attached hydrogens (tertiary/aromatic N) is 1. The summed E-state index contributed by atoms with van der Waals surface area (Å²) in [4.78, 5) is 10.2. The number of benzene rings is 2. The van der Waals surface area contributed by atoms with E-state index in [4.69, 9.17) is 23.2 Å². The Labute approximate surface area is 124 Å². The lowest BCUT2D eigenvalue weighted by atomic mass is 10.2. The van der Waals surface area contributed by atoms with Crippen molar-refractivity contribution in [2.45, 2.75) is 6.54 Å². The Hall–Kier alpha value is -1.85. The molecule has 0 aliphatic carbocycles. The summed E-state index contributed by atoms with van der Waals surface area (Å²) in [7, 11) is 0. The maximum atomic E-state index is 13.5. The molecule has 0 atom stereocenters. The zero-order chi connectivity index (χ0) is 14.7. The Morgan fingerprint density at radius 1 is 1.20 bits per heavy atom. The molecule has 2 rings (SSSR count). The summed E-state index contributed by atoms with van der Waals surface area (Å²) in [6, 6.07) is 8.71. The Morgan fingerprint density at radius 3 is 2.60 bits per heavy atom. The molecule has 0 spiro atoms. The number of anilines is 1. The fourth-order valence-corrected chi connectivity index (χ4v) is 2.08. The summed E-state index contributed by atoms with van der Waals surface area (Å²) in [6.45, 7) is 0.193. The second-order valence-corrected chi connectivity index (χ2v) is 4.81. The maximum absolute atomic E-state index is 13.5. The van der Waals surface area contributed by atoms with E-state index in [1.807, 2.05) is 0 Å². The van der Waals surface area contributed by atoms with Gasteiger partial charge in [0.2, 0.25) is 0 Å². The minimum atomic E-state index is -0.568. The highest BCUT2D eigenvalue weighted by molar-refractivity contribution is 6.33. The molecule has 0 saturated carbocycles. The van der Waals surface area contributed by atoms with E-state index >= 15 is 0 Å². The monoisotopic (exact) mass is 314 g/mol. The molecule has 2 aromatic carbocycles. The van der Waals surface area contributed by atoms with E-state index in [9.17, 15) is 14.5 Å². The Morgan fingerprint density at radius 2 is 1.95 bits per heavy atom. The van der Waals surface area contributed by atoms with Crippen molar-refractivity contribution in [2.75, 3.05) is 5.32 Å². The van der Waals surface area contributed by atoms with Crippen LogP contribution in [0, 0.1) is 15.9 Å². The van der Waals surface area contributed by atoms with Crippen molar-refractivity contribution in [1.29, 1.82) is 0 Å². The van der Waals surface area contributed by atoms with Crippen molar-refractivity contribution in [1.82, 2.24) is 0 Å². The van der Waals surface area contributed by atoms with Gasteiger partial charge in [-0.2, -0.15) is 0 Å². The number of hydrogen-bond acceptors (Lipinski definition) is 3. The summed E-state index contributed by atoms with van der Waals surface area (Å²) in [6.07, 6.45) is 0. The minimum absolute atomic E-state index is 0.0580. The van der Waals surface area contributed by atoms with Gasteiger partial charge in [-0.15, -0.1) is 0 Å². The van der Waals surface area contributed by atoms with Crippen molar-refractivity contribution in [3.05, 3.63) is 67.9 Å². The summed E-state index contributed by atoms with van der Waals surface area (Å²) in [5, 5.41) is 13.9. The van der Waals surface area contributed by atoms with Crippen LogP contribution in [0.2, 0.25) is 10.0 Å². The van der Waals surface area contributed by atoms with E-state index in [1.165, 1.54) is 24.3 Å². The molecule has 7 heteroatoms. The lowest BCUT2D eigenvalue weighted by Gasteiger charge is -2.09. The largest absolute Gasteiger partial charge is 0.377 e. The van der Waals surface area contributed by atoms with Crippen LogP contribution in [0.4, 0.5) is 15.8 Å². The number of nitrogens with one attached hydrogen (secondary N) is 1. The molecule has 20 heavy (non-hydrogen) atoms. The molecule has 2 aromatic rings. The van der Waals surface area contributed by atoms with E-state index in [2.05, 4.69) is 5.32 Å². The first-order valence-electron chi connectivity index (χ1n) is 5.59.